The molecule has 0 spiro atoms. The number of carboxylic acids is 1. The van der Waals surface area contributed by atoms with Gasteiger partial charge in [0.2, 0.25) is 20.3 Å². The van der Waals surface area contributed by atoms with Crippen LogP contribution in [0.1, 0.15) is 10.4 Å². The van der Waals surface area contributed by atoms with Crippen LogP contribution in [0.25, 0.3) is 0 Å². The molecule has 0 saturated heterocycles. The molecule has 0 fully saturated rings. The van der Waals surface area contributed by atoms with E-state index in [1.54, 1.807) is 6.07 Å². The molecule has 4 heteroatoms. The number of rotatable bonds is 0. The Morgan fingerprint density at radius 2 is 2.00 bits per heavy atom. The summed E-state index contributed by atoms with van der Waals surface area (Å²) in [6.07, 6.45) is 0. The summed E-state index contributed by atoms with van der Waals surface area (Å²) in [4.78, 5) is 11.1. The first-order valence-electron chi connectivity index (χ1n) is 3.13. The fraction of sp³-hybridized carbons (Fsp3) is 0. The second-order valence-electron chi connectivity index (χ2n) is 2.11. The van der Waals surface area contributed by atoms with E-state index in [1.807, 2.05) is 18.2 Å². The quantitative estimate of drug-likeness (QED) is 0.427. The zero-order valence-corrected chi connectivity index (χ0v) is 6.45. The summed E-state index contributed by atoms with van der Waals surface area (Å²) in [6, 6.07) is 7.22. The highest BCUT2D eigenvalue weighted by molar-refractivity contribution is 7.26. The standard InChI is InChI=1S/C7H6O3P/c8-7-5-3-1-2-4-6(5)9-11-10-7/h1-4,9-10H/q+1. The Labute approximate surface area is 65.3 Å². The lowest BCUT2D eigenvalue weighted by atomic mass is 10.2. The minimum absolute atomic E-state index is 0.169. The molecular formula is C7H6O3P+. The maximum Gasteiger partial charge on any atom is 0.535 e. The van der Waals surface area contributed by atoms with Crippen LogP contribution in [0.4, 0.5) is 0 Å². The molecule has 0 aliphatic carbocycles. The Bertz CT molecular complexity index is 297. The maximum absolute atomic E-state index is 11.1. The van der Waals surface area contributed by atoms with Gasteiger partial charge in [0.15, 0.2) is 0 Å². The minimum atomic E-state index is -0.169. The molecule has 1 aromatic rings. The third kappa shape index (κ3) is 1.08. The molecule has 0 unspecified atom stereocenters. The van der Waals surface area contributed by atoms with Gasteiger partial charge in [0.25, 0.3) is 0 Å². The monoisotopic (exact) mass is 169 g/mol. The van der Waals surface area contributed by atoms with Crippen LogP contribution in [0.15, 0.2) is 24.3 Å². The summed E-state index contributed by atoms with van der Waals surface area (Å²) in [6.45, 7) is 0. The van der Waals surface area contributed by atoms with Gasteiger partial charge < -0.3 is 9.05 Å². The van der Waals surface area contributed by atoms with Crippen LogP contribution in [0.2, 0.25) is 0 Å². The Kier molecular flexibility index (Phi) is 1.51. The molecule has 0 bridgehead atoms. The highest BCUT2D eigenvalue weighted by Crippen LogP contribution is 2.32. The fourth-order valence-corrected chi connectivity index (χ4v) is 1.41. The predicted molar refractivity (Wildman–Crippen MR) is 41.6 cm³/mol. The fourth-order valence-electron chi connectivity index (χ4n) is 0.907. The highest BCUT2D eigenvalue weighted by atomic mass is 31.1. The van der Waals surface area contributed by atoms with Gasteiger partial charge in [0.1, 0.15) is 0 Å². The number of hydrogen-bond acceptors (Lipinski definition) is 1. The van der Waals surface area contributed by atoms with E-state index in [4.69, 9.17) is 0 Å². The lowest BCUT2D eigenvalue weighted by molar-refractivity contribution is 0.0423. The molecule has 1 aliphatic rings. The van der Waals surface area contributed by atoms with Crippen molar-refractivity contribution in [2.24, 2.45) is 0 Å². The van der Waals surface area contributed by atoms with Gasteiger partial charge in [0.05, 0.1) is 0 Å². The van der Waals surface area contributed by atoms with E-state index >= 15 is 0 Å². The van der Waals surface area contributed by atoms with Crippen LogP contribution in [0.5, 0.6) is 5.75 Å². The zero-order valence-electron chi connectivity index (χ0n) is 5.56. The first-order chi connectivity index (χ1) is 5.38. The van der Waals surface area contributed by atoms with Crippen LogP contribution < -0.4 is 0 Å². The molecule has 1 aliphatic heterocycles. The van der Waals surface area contributed by atoms with Gasteiger partial charge in [-0.25, -0.2) is 0 Å². The largest absolute Gasteiger partial charge is 0.686 e. The summed E-state index contributed by atoms with van der Waals surface area (Å²) in [5, 5.41) is 0. The van der Waals surface area contributed by atoms with Gasteiger partial charge in [0, 0.05) is 10.9 Å². The number of fused-ring (bicyclic) bond motifs is 1. The van der Waals surface area contributed by atoms with Crippen LogP contribution in [-0.4, -0.2) is 15.0 Å². The Morgan fingerprint density at radius 1 is 1.18 bits per heavy atom. The molecule has 3 nitrogen and oxygen atoms in total. The Morgan fingerprint density at radius 3 is 2.82 bits per heavy atom. The second kappa shape index (κ2) is 2.51. The molecule has 0 saturated carbocycles. The van der Waals surface area contributed by atoms with Crippen LogP contribution in [0.3, 0.4) is 0 Å². The van der Waals surface area contributed by atoms with Gasteiger partial charge in [-0.1, -0.05) is 12.1 Å². The van der Waals surface area contributed by atoms with Crippen molar-refractivity contribution in [1.82, 2.24) is 0 Å². The van der Waals surface area contributed by atoms with Crippen molar-refractivity contribution < 1.29 is 13.8 Å². The maximum atomic E-state index is 11.1. The second-order valence-corrected chi connectivity index (χ2v) is 2.69. The summed E-state index contributed by atoms with van der Waals surface area (Å²) in [5.74, 6) is 0.575. The topological polar surface area (TPSA) is 42.7 Å². The van der Waals surface area contributed by atoms with E-state index in [-0.39, 0.29) is 5.97 Å². The first-order valence-corrected chi connectivity index (χ1v) is 3.93. The van der Waals surface area contributed by atoms with Gasteiger partial charge in [-0.3, -0.25) is 0 Å². The summed E-state index contributed by atoms with van der Waals surface area (Å²) >= 11 is 0. The predicted octanol–water partition coefficient (Wildman–Crippen LogP) is 1.39. The molecule has 1 heterocycles. The number of benzene rings is 1. The van der Waals surface area contributed by atoms with Crippen molar-refractivity contribution >= 4 is 15.0 Å². The van der Waals surface area contributed by atoms with E-state index in [2.05, 4.69) is 9.05 Å². The normalized spacial score (nSPS) is 16.9. The molecule has 0 amide bonds. The van der Waals surface area contributed by atoms with Gasteiger partial charge in [-0.15, -0.1) is 0 Å². The zero-order chi connectivity index (χ0) is 7.68. The van der Waals surface area contributed by atoms with Crippen molar-refractivity contribution in [2.45, 2.75) is 0 Å². The minimum Gasteiger partial charge on any atom is -0.686 e. The highest BCUT2D eigenvalue weighted by Gasteiger charge is 2.25. The number of aromatic hydroxyl groups is 1. The average molecular weight is 169 g/mol. The Balaban J connectivity index is 2.52. The summed E-state index contributed by atoms with van der Waals surface area (Å²) in [7, 11) is 0.498. The smallest absolute Gasteiger partial charge is 0.535 e. The number of hydrogen-bond donors (Lipinski definition) is 0. The first kappa shape index (κ1) is 6.62. The van der Waals surface area contributed by atoms with Crippen molar-refractivity contribution in [1.29, 1.82) is 0 Å². The third-order valence-corrected chi connectivity index (χ3v) is 2.00. The molecule has 2 N–H and O–H groups in total. The molecule has 1 aromatic carbocycles. The van der Waals surface area contributed by atoms with Crippen molar-refractivity contribution in [3.05, 3.63) is 29.8 Å². The third-order valence-electron chi connectivity index (χ3n) is 1.42. The van der Waals surface area contributed by atoms with Crippen LogP contribution in [0, 0.1) is 0 Å². The lowest BCUT2D eigenvalue weighted by Crippen LogP contribution is -2.09. The van der Waals surface area contributed by atoms with Crippen molar-refractivity contribution in [2.75, 3.05) is 0 Å². The summed E-state index contributed by atoms with van der Waals surface area (Å²) < 4.78 is 7.67. The van der Waals surface area contributed by atoms with Gasteiger partial charge in [-0.2, -0.15) is 0 Å². The molecular weight excluding hydrogens is 163 g/mol. The molecule has 56 valence electrons. The molecule has 11 heavy (non-hydrogen) atoms. The van der Waals surface area contributed by atoms with E-state index in [9.17, 15) is 4.79 Å². The van der Waals surface area contributed by atoms with Crippen molar-refractivity contribution in [3.63, 3.8) is 0 Å². The van der Waals surface area contributed by atoms with E-state index in [0.717, 1.165) is 5.75 Å². The number of aromatic carboxylic acids is 1. The van der Waals surface area contributed by atoms with Crippen molar-refractivity contribution in [3.8, 4) is 5.75 Å². The van der Waals surface area contributed by atoms with Gasteiger partial charge >= 0.3 is 5.97 Å². The lowest BCUT2D eigenvalue weighted by Gasteiger charge is -2.18. The average Bonchev–Trinajstić information content (AvgIpc) is 2.06. The van der Waals surface area contributed by atoms with E-state index in [0.29, 0.717) is 14.6 Å². The van der Waals surface area contributed by atoms with Gasteiger partial charge in [-0.05, 0) is 6.07 Å². The number of para-hydroxylation sites is 1. The Hall–Kier alpha value is -1.08. The van der Waals surface area contributed by atoms with Crippen LogP contribution >= 0.6 is 9.03 Å². The number of carbonyl (C=O) groups is 1. The molecule has 0 atom stereocenters. The SMILES string of the molecule is O=C1[OH+][P-][OH+]c2ccccc21. The molecule has 0 radical (unpaired) electrons. The molecule has 2 rings (SSSR count). The molecule has 0 aromatic heterocycles. The van der Waals surface area contributed by atoms with Crippen LogP contribution in [-0.2, 0) is 0 Å². The summed E-state index contributed by atoms with van der Waals surface area (Å²) in [5.41, 5.74) is 0.603. The van der Waals surface area contributed by atoms with E-state index in [1.165, 1.54) is 0 Å². The van der Waals surface area contributed by atoms with E-state index < -0.39 is 0 Å².